The second-order valence-corrected chi connectivity index (χ2v) is 1.76. The molecule has 0 spiro atoms. The van der Waals surface area contributed by atoms with Crippen LogP contribution in [0.1, 0.15) is 5.69 Å². The van der Waals surface area contributed by atoms with Crippen molar-refractivity contribution >= 4 is 0 Å². The maximum absolute atomic E-state index is 8.95. The number of aromatic hydroxyl groups is 1. The van der Waals surface area contributed by atoms with Gasteiger partial charge in [0.25, 0.3) is 0 Å². The van der Waals surface area contributed by atoms with Crippen molar-refractivity contribution in [3.05, 3.63) is 12.0 Å². The molecule has 0 aliphatic heterocycles. The van der Waals surface area contributed by atoms with Crippen LogP contribution in [0.5, 0.6) is 5.88 Å². The van der Waals surface area contributed by atoms with E-state index in [4.69, 9.17) is 5.11 Å². The van der Waals surface area contributed by atoms with E-state index < -0.39 is 0 Å². The molecule has 0 amide bonds. The van der Waals surface area contributed by atoms with E-state index in [-0.39, 0.29) is 5.88 Å². The lowest BCUT2D eigenvalue weighted by molar-refractivity contribution is 0.428. The fourth-order valence-electron chi connectivity index (χ4n) is 0.541. The number of hydrogen-bond acceptors (Lipinski definition) is 2. The molecule has 0 aliphatic rings. The standard InChI is InChI=1S/C5H8N2O/c1-4-5(8)7(2)3-6-4/h3,8H,1-2H3. The Kier molecular flexibility index (Phi) is 0.970. The second-order valence-electron chi connectivity index (χ2n) is 1.76. The van der Waals surface area contributed by atoms with Crippen LogP contribution in [0, 0.1) is 6.92 Å². The highest BCUT2D eigenvalue weighted by molar-refractivity contribution is 5.14. The predicted molar refractivity (Wildman–Crippen MR) is 29.6 cm³/mol. The summed E-state index contributed by atoms with van der Waals surface area (Å²) in [5.74, 6) is 0.241. The Morgan fingerprint density at radius 3 is 2.50 bits per heavy atom. The van der Waals surface area contributed by atoms with E-state index in [1.165, 1.54) is 0 Å². The average Bonchev–Trinajstić information content (AvgIpc) is 1.98. The van der Waals surface area contributed by atoms with Crippen LogP contribution in [0.25, 0.3) is 0 Å². The molecular formula is C5H8N2O. The highest BCUT2D eigenvalue weighted by atomic mass is 16.3. The molecule has 3 heteroatoms. The third kappa shape index (κ3) is 0.559. The second kappa shape index (κ2) is 1.51. The van der Waals surface area contributed by atoms with Gasteiger partial charge in [-0.15, -0.1) is 0 Å². The Morgan fingerprint density at radius 2 is 2.38 bits per heavy atom. The number of nitrogens with zero attached hydrogens (tertiary/aromatic N) is 2. The number of rotatable bonds is 0. The van der Waals surface area contributed by atoms with E-state index in [0.717, 1.165) is 0 Å². The zero-order chi connectivity index (χ0) is 6.15. The molecule has 0 atom stereocenters. The molecule has 1 rings (SSSR count). The summed E-state index contributed by atoms with van der Waals surface area (Å²) in [5.41, 5.74) is 0.674. The maximum Gasteiger partial charge on any atom is 0.213 e. The van der Waals surface area contributed by atoms with E-state index in [2.05, 4.69) is 4.98 Å². The first-order chi connectivity index (χ1) is 3.72. The van der Waals surface area contributed by atoms with Gasteiger partial charge in [-0.2, -0.15) is 0 Å². The van der Waals surface area contributed by atoms with Crippen LogP contribution < -0.4 is 0 Å². The van der Waals surface area contributed by atoms with Gasteiger partial charge in [-0.1, -0.05) is 0 Å². The van der Waals surface area contributed by atoms with Crippen molar-refractivity contribution < 1.29 is 5.11 Å². The first-order valence-electron chi connectivity index (χ1n) is 2.38. The Hall–Kier alpha value is -0.990. The third-order valence-corrected chi connectivity index (χ3v) is 1.08. The molecular weight excluding hydrogens is 104 g/mol. The summed E-state index contributed by atoms with van der Waals surface area (Å²) in [7, 11) is 1.75. The van der Waals surface area contributed by atoms with Crippen LogP contribution in [-0.2, 0) is 7.05 Å². The molecule has 0 aliphatic carbocycles. The van der Waals surface area contributed by atoms with E-state index in [1.807, 2.05) is 0 Å². The Balaban J connectivity index is 3.19. The summed E-state index contributed by atoms with van der Waals surface area (Å²) >= 11 is 0. The summed E-state index contributed by atoms with van der Waals surface area (Å²) < 4.78 is 1.56. The van der Waals surface area contributed by atoms with Crippen LogP contribution in [0.3, 0.4) is 0 Å². The summed E-state index contributed by atoms with van der Waals surface area (Å²) in [6.07, 6.45) is 1.57. The molecule has 0 unspecified atom stereocenters. The van der Waals surface area contributed by atoms with Crippen LogP contribution in [0.15, 0.2) is 6.33 Å². The van der Waals surface area contributed by atoms with Gasteiger partial charge in [-0.3, -0.25) is 0 Å². The molecule has 0 aromatic carbocycles. The molecule has 3 nitrogen and oxygen atoms in total. The molecule has 0 fully saturated rings. The van der Waals surface area contributed by atoms with Crippen molar-refractivity contribution in [1.82, 2.24) is 9.55 Å². The summed E-state index contributed by atoms with van der Waals surface area (Å²) in [5, 5.41) is 8.95. The van der Waals surface area contributed by atoms with E-state index in [1.54, 1.807) is 24.9 Å². The molecule has 1 N–H and O–H groups in total. The molecule has 0 bridgehead atoms. The minimum absolute atomic E-state index is 0.241. The molecule has 1 aromatic rings. The Labute approximate surface area is 47.6 Å². The summed E-state index contributed by atoms with van der Waals surface area (Å²) in [4.78, 5) is 3.83. The third-order valence-electron chi connectivity index (χ3n) is 1.08. The number of aryl methyl sites for hydroxylation is 2. The lowest BCUT2D eigenvalue weighted by atomic mass is 10.5. The molecule has 0 radical (unpaired) electrons. The number of aromatic nitrogens is 2. The zero-order valence-electron chi connectivity index (χ0n) is 4.92. The molecule has 8 heavy (non-hydrogen) atoms. The normalized spacial score (nSPS) is 9.75. The molecule has 44 valence electrons. The minimum Gasteiger partial charge on any atom is -0.493 e. The lowest BCUT2D eigenvalue weighted by Gasteiger charge is -1.89. The van der Waals surface area contributed by atoms with E-state index in [0.29, 0.717) is 5.69 Å². The largest absolute Gasteiger partial charge is 0.493 e. The first kappa shape index (κ1) is 5.15. The van der Waals surface area contributed by atoms with Crippen molar-refractivity contribution in [1.29, 1.82) is 0 Å². The highest BCUT2D eigenvalue weighted by Crippen LogP contribution is 2.09. The van der Waals surface area contributed by atoms with Crippen molar-refractivity contribution in [2.45, 2.75) is 6.92 Å². The van der Waals surface area contributed by atoms with E-state index >= 15 is 0 Å². The van der Waals surface area contributed by atoms with Gasteiger partial charge in [-0.25, -0.2) is 4.98 Å². The quantitative estimate of drug-likeness (QED) is 0.528. The first-order valence-corrected chi connectivity index (χ1v) is 2.38. The summed E-state index contributed by atoms with van der Waals surface area (Å²) in [6, 6.07) is 0. The summed E-state index contributed by atoms with van der Waals surface area (Å²) in [6.45, 7) is 1.76. The highest BCUT2D eigenvalue weighted by Gasteiger charge is 1.97. The van der Waals surface area contributed by atoms with Gasteiger partial charge in [0.1, 0.15) is 0 Å². The SMILES string of the molecule is Cc1ncn(C)c1O. The maximum atomic E-state index is 8.95. The average molecular weight is 112 g/mol. The molecule has 1 heterocycles. The van der Waals surface area contributed by atoms with Crippen LogP contribution in [0.4, 0.5) is 0 Å². The molecule has 0 saturated carbocycles. The molecule has 1 aromatic heterocycles. The van der Waals surface area contributed by atoms with Crippen LogP contribution in [-0.4, -0.2) is 14.7 Å². The van der Waals surface area contributed by atoms with Gasteiger partial charge in [-0.05, 0) is 6.92 Å². The van der Waals surface area contributed by atoms with Gasteiger partial charge >= 0.3 is 0 Å². The van der Waals surface area contributed by atoms with E-state index in [9.17, 15) is 0 Å². The number of hydrogen-bond donors (Lipinski definition) is 1. The monoisotopic (exact) mass is 112 g/mol. The van der Waals surface area contributed by atoms with Crippen molar-refractivity contribution in [3.8, 4) is 5.88 Å². The smallest absolute Gasteiger partial charge is 0.213 e. The molecule has 0 saturated heterocycles. The minimum atomic E-state index is 0.241. The van der Waals surface area contributed by atoms with Crippen LogP contribution >= 0.6 is 0 Å². The van der Waals surface area contributed by atoms with Crippen molar-refractivity contribution in [2.75, 3.05) is 0 Å². The van der Waals surface area contributed by atoms with Gasteiger partial charge in [0.15, 0.2) is 0 Å². The Morgan fingerprint density at radius 1 is 1.75 bits per heavy atom. The number of imidazole rings is 1. The van der Waals surface area contributed by atoms with Crippen LogP contribution in [0.2, 0.25) is 0 Å². The van der Waals surface area contributed by atoms with Crippen molar-refractivity contribution in [3.63, 3.8) is 0 Å². The van der Waals surface area contributed by atoms with Gasteiger partial charge in [0.05, 0.1) is 12.0 Å². The fourth-order valence-corrected chi connectivity index (χ4v) is 0.541. The zero-order valence-corrected chi connectivity index (χ0v) is 4.92. The topological polar surface area (TPSA) is 38.0 Å². The van der Waals surface area contributed by atoms with Gasteiger partial charge < -0.3 is 9.67 Å². The van der Waals surface area contributed by atoms with Gasteiger partial charge in [0, 0.05) is 7.05 Å². The lowest BCUT2D eigenvalue weighted by Crippen LogP contribution is -1.81. The van der Waals surface area contributed by atoms with Crippen molar-refractivity contribution in [2.24, 2.45) is 7.05 Å². The van der Waals surface area contributed by atoms with Gasteiger partial charge in [0.2, 0.25) is 5.88 Å². The fraction of sp³-hybridized carbons (Fsp3) is 0.400. The Bertz CT molecular complexity index is 173. The predicted octanol–water partition coefficient (Wildman–Crippen LogP) is 0.434.